The van der Waals surface area contributed by atoms with Crippen LogP contribution in [-0.2, 0) is 11.8 Å². The van der Waals surface area contributed by atoms with Gasteiger partial charge in [-0.25, -0.2) is 4.98 Å². The van der Waals surface area contributed by atoms with Crippen LogP contribution in [0.1, 0.15) is 36.7 Å². The highest BCUT2D eigenvalue weighted by molar-refractivity contribution is 5.85. The van der Waals surface area contributed by atoms with Crippen molar-refractivity contribution in [1.29, 1.82) is 0 Å². The molecule has 2 unspecified atom stereocenters. The zero-order chi connectivity index (χ0) is 18.5. The van der Waals surface area contributed by atoms with Crippen LogP contribution in [0.15, 0.2) is 30.6 Å². The zero-order valence-electron chi connectivity index (χ0n) is 16.3. The fourth-order valence-electron chi connectivity index (χ4n) is 3.32. The predicted octanol–water partition coefficient (Wildman–Crippen LogP) is 2.63. The lowest BCUT2D eigenvalue weighted by atomic mass is 10.0. The van der Waals surface area contributed by atoms with Crippen LogP contribution < -0.4 is 20.1 Å². The summed E-state index contributed by atoms with van der Waals surface area (Å²) in [7, 11) is 5.13. The highest BCUT2D eigenvalue weighted by atomic mass is 35.5. The van der Waals surface area contributed by atoms with Crippen molar-refractivity contribution in [1.82, 2.24) is 20.2 Å². The Balaban J connectivity index is 0.00000196. The van der Waals surface area contributed by atoms with Gasteiger partial charge in [-0.05, 0) is 37.1 Å². The first-order valence-corrected chi connectivity index (χ1v) is 8.83. The number of methoxy groups -OCH3 is 2. The fourth-order valence-corrected chi connectivity index (χ4v) is 3.32. The molecule has 0 radical (unpaired) electrons. The SMILES string of the molecule is COc1cc(OC)cc(C(NC(=O)CC2CCCN2)c2nccn2C)c1.Cl.Cl. The molecule has 1 amide bonds. The quantitative estimate of drug-likeness (QED) is 0.705. The van der Waals surface area contributed by atoms with Crippen molar-refractivity contribution in [2.75, 3.05) is 20.8 Å². The maximum Gasteiger partial charge on any atom is 0.222 e. The van der Waals surface area contributed by atoms with Crippen LogP contribution in [0.4, 0.5) is 0 Å². The van der Waals surface area contributed by atoms with Gasteiger partial charge in [0.15, 0.2) is 0 Å². The number of nitrogens with one attached hydrogen (secondary N) is 2. The Hall–Kier alpha value is -1.96. The molecule has 2 heterocycles. The molecule has 2 aromatic rings. The Kier molecular flexibility index (Phi) is 9.58. The van der Waals surface area contributed by atoms with E-state index in [9.17, 15) is 4.79 Å². The lowest BCUT2D eigenvalue weighted by Crippen LogP contribution is -2.35. The summed E-state index contributed by atoms with van der Waals surface area (Å²) in [6, 6.07) is 5.47. The monoisotopic (exact) mass is 430 g/mol. The number of aryl methyl sites for hydroxylation is 1. The number of nitrogens with zero attached hydrogens (tertiary/aromatic N) is 2. The lowest BCUT2D eigenvalue weighted by Gasteiger charge is -2.21. The van der Waals surface area contributed by atoms with E-state index in [-0.39, 0.29) is 42.8 Å². The molecule has 0 saturated carbocycles. The van der Waals surface area contributed by atoms with Crippen molar-refractivity contribution in [2.24, 2.45) is 7.05 Å². The van der Waals surface area contributed by atoms with Crippen LogP contribution in [0.25, 0.3) is 0 Å². The Morgan fingerprint density at radius 3 is 2.46 bits per heavy atom. The third-order valence-corrected chi connectivity index (χ3v) is 4.72. The standard InChI is InChI=1S/C19H26N4O3.2ClH/c1-23-8-7-21-19(23)18(22-17(24)11-14-5-4-6-20-14)13-9-15(25-2)12-16(10-13)26-3;;/h7-10,12,14,18,20H,4-6,11H2,1-3H3,(H,22,24);2*1H. The van der Waals surface area contributed by atoms with Crippen LogP contribution >= 0.6 is 24.8 Å². The molecular formula is C19H28Cl2N4O3. The minimum absolute atomic E-state index is 0. The number of imidazole rings is 1. The number of rotatable bonds is 7. The van der Waals surface area contributed by atoms with E-state index in [1.807, 2.05) is 36.0 Å². The van der Waals surface area contributed by atoms with Crippen molar-refractivity contribution in [3.8, 4) is 11.5 Å². The number of halogens is 2. The summed E-state index contributed by atoms with van der Waals surface area (Å²) in [6.45, 7) is 0.980. The van der Waals surface area contributed by atoms with E-state index in [2.05, 4.69) is 15.6 Å². The van der Waals surface area contributed by atoms with Crippen molar-refractivity contribution < 1.29 is 14.3 Å². The fraction of sp³-hybridized carbons (Fsp3) is 0.474. The Morgan fingerprint density at radius 2 is 1.96 bits per heavy atom. The van der Waals surface area contributed by atoms with Crippen molar-refractivity contribution >= 4 is 30.7 Å². The molecule has 1 saturated heterocycles. The summed E-state index contributed by atoms with van der Waals surface area (Å²) in [6.07, 6.45) is 6.21. The van der Waals surface area contributed by atoms with Gasteiger partial charge >= 0.3 is 0 Å². The summed E-state index contributed by atoms with van der Waals surface area (Å²) < 4.78 is 12.7. The summed E-state index contributed by atoms with van der Waals surface area (Å²) >= 11 is 0. The molecule has 1 aliphatic rings. The molecule has 28 heavy (non-hydrogen) atoms. The Labute approximate surface area is 178 Å². The van der Waals surface area contributed by atoms with Crippen LogP contribution in [0, 0.1) is 0 Å². The molecule has 2 atom stereocenters. The number of ether oxygens (including phenoxy) is 2. The molecule has 7 nitrogen and oxygen atoms in total. The van der Waals surface area contributed by atoms with Gasteiger partial charge in [0.25, 0.3) is 0 Å². The number of carbonyl (C=O) groups excluding carboxylic acids is 1. The highest BCUT2D eigenvalue weighted by Crippen LogP contribution is 2.29. The van der Waals surface area contributed by atoms with Gasteiger partial charge in [0.1, 0.15) is 23.4 Å². The molecule has 1 aliphatic heterocycles. The first-order chi connectivity index (χ1) is 12.6. The van der Waals surface area contributed by atoms with Gasteiger partial charge in [0, 0.05) is 38.0 Å². The number of hydrogen-bond donors (Lipinski definition) is 2. The smallest absolute Gasteiger partial charge is 0.222 e. The summed E-state index contributed by atoms with van der Waals surface area (Å²) in [5.41, 5.74) is 0.864. The average Bonchev–Trinajstić information content (AvgIpc) is 3.30. The van der Waals surface area contributed by atoms with Gasteiger partial charge in [0.2, 0.25) is 5.91 Å². The first kappa shape index (κ1) is 24.1. The number of hydrogen-bond acceptors (Lipinski definition) is 5. The van der Waals surface area contributed by atoms with E-state index in [0.717, 1.165) is 30.8 Å². The Morgan fingerprint density at radius 1 is 1.29 bits per heavy atom. The largest absolute Gasteiger partial charge is 0.497 e. The van der Waals surface area contributed by atoms with E-state index < -0.39 is 0 Å². The Bertz CT molecular complexity index is 741. The topological polar surface area (TPSA) is 77.4 Å². The summed E-state index contributed by atoms with van der Waals surface area (Å²) in [5, 5.41) is 6.49. The van der Waals surface area contributed by atoms with Gasteiger partial charge in [-0.3, -0.25) is 4.79 Å². The third-order valence-electron chi connectivity index (χ3n) is 4.72. The van der Waals surface area contributed by atoms with E-state index >= 15 is 0 Å². The summed E-state index contributed by atoms with van der Waals surface area (Å²) in [5.74, 6) is 2.10. The van der Waals surface area contributed by atoms with E-state index in [1.54, 1.807) is 20.4 Å². The maximum absolute atomic E-state index is 12.6. The van der Waals surface area contributed by atoms with Crippen molar-refractivity contribution in [2.45, 2.75) is 31.3 Å². The minimum atomic E-state index is -0.382. The lowest BCUT2D eigenvalue weighted by molar-refractivity contribution is -0.122. The second-order valence-electron chi connectivity index (χ2n) is 6.54. The average molecular weight is 431 g/mol. The molecule has 0 spiro atoms. The van der Waals surface area contributed by atoms with Gasteiger partial charge in [-0.2, -0.15) is 0 Å². The normalized spacial score (nSPS) is 16.5. The van der Waals surface area contributed by atoms with Crippen LogP contribution in [-0.4, -0.2) is 42.3 Å². The highest BCUT2D eigenvalue weighted by Gasteiger charge is 2.24. The van der Waals surface area contributed by atoms with Gasteiger partial charge in [-0.15, -0.1) is 24.8 Å². The number of amides is 1. The molecule has 1 aromatic carbocycles. The molecule has 9 heteroatoms. The van der Waals surface area contributed by atoms with Gasteiger partial charge in [0.05, 0.1) is 14.2 Å². The van der Waals surface area contributed by atoms with E-state index in [0.29, 0.717) is 17.9 Å². The molecule has 1 aromatic heterocycles. The van der Waals surface area contributed by atoms with Crippen LogP contribution in [0.5, 0.6) is 11.5 Å². The third kappa shape index (κ3) is 5.77. The van der Waals surface area contributed by atoms with Gasteiger partial charge < -0.3 is 24.7 Å². The number of benzene rings is 1. The molecule has 3 rings (SSSR count). The maximum atomic E-state index is 12.6. The zero-order valence-corrected chi connectivity index (χ0v) is 17.9. The molecular weight excluding hydrogens is 403 g/mol. The minimum Gasteiger partial charge on any atom is -0.497 e. The second-order valence-corrected chi connectivity index (χ2v) is 6.54. The molecule has 1 fully saturated rings. The van der Waals surface area contributed by atoms with Crippen LogP contribution in [0.3, 0.4) is 0 Å². The van der Waals surface area contributed by atoms with Crippen molar-refractivity contribution in [3.05, 3.63) is 42.0 Å². The first-order valence-electron chi connectivity index (χ1n) is 8.83. The van der Waals surface area contributed by atoms with Gasteiger partial charge in [-0.1, -0.05) is 0 Å². The van der Waals surface area contributed by atoms with Crippen LogP contribution in [0.2, 0.25) is 0 Å². The van der Waals surface area contributed by atoms with Crippen molar-refractivity contribution in [3.63, 3.8) is 0 Å². The second kappa shape index (κ2) is 11.1. The molecule has 0 bridgehead atoms. The number of aromatic nitrogens is 2. The van der Waals surface area contributed by atoms with E-state index in [4.69, 9.17) is 9.47 Å². The summed E-state index contributed by atoms with van der Waals surface area (Å²) in [4.78, 5) is 17.1. The molecule has 156 valence electrons. The van der Waals surface area contributed by atoms with E-state index in [1.165, 1.54) is 0 Å². The molecule has 0 aliphatic carbocycles. The number of carbonyl (C=O) groups is 1. The predicted molar refractivity (Wildman–Crippen MR) is 113 cm³/mol. The molecule has 2 N–H and O–H groups in total.